The normalized spacial score (nSPS) is 16.3. The molecule has 1 aromatic rings. The summed E-state index contributed by atoms with van der Waals surface area (Å²) in [6, 6.07) is 4.19. The van der Waals surface area contributed by atoms with Gasteiger partial charge in [0.05, 0.1) is 20.8 Å². The van der Waals surface area contributed by atoms with E-state index in [2.05, 4.69) is 10.6 Å². The summed E-state index contributed by atoms with van der Waals surface area (Å²) in [5.41, 5.74) is 3.31. The SMILES string of the molecule is COCC(C)NC(=S)C=C1NCCc2cc(OC)c(OC)cc21. The van der Waals surface area contributed by atoms with Gasteiger partial charge in [-0.3, -0.25) is 0 Å². The zero-order valence-electron chi connectivity index (χ0n) is 14.1. The van der Waals surface area contributed by atoms with Crippen LogP contribution in [0.5, 0.6) is 11.5 Å². The molecule has 1 heterocycles. The number of hydrogen-bond acceptors (Lipinski definition) is 5. The minimum absolute atomic E-state index is 0.165. The lowest BCUT2D eigenvalue weighted by molar-refractivity contribution is 0.179. The lowest BCUT2D eigenvalue weighted by Crippen LogP contribution is -2.34. The van der Waals surface area contributed by atoms with Crippen LogP contribution in [0.3, 0.4) is 0 Å². The highest BCUT2D eigenvalue weighted by Crippen LogP contribution is 2.34. The van der Waals surface area contributed by atoms with Gasteiger partial charge in [-0.1, -0.05) is 12.2 Å². The molecule has 1 aromatic carbocycles. The third-order valence-electron chi connectivity index (χ3n) is 3.69. The second kappa shape index (κ2) is 8.17. The standard InChI is InChI=1S/C17H24N2O3S/c1-11(10-20-2)19-17(23)9-14-13-8-16(22-4)15(21-3)7-12(13)5-6-18-14/h7-9,11,18H,5-6,10H2,1-4H3,(H,19,23). The molecule has 0 saturated carbocycles. The largest absolute Gasteiger partial charge is 0.493 e. The van der Waals surface area contributed by atoms with Crippen LogP contribution in [0.2, 0.25) is 0 Å². The number of nitrogens with one attached hydrogen (secondary N) is 2. The Morgan fingerprint density at radius 2 is 2.00 bits per heavy atom. The third-order valence-corrected chi connectivity index (χ3v) is 3.93. The van der Waals surface area contributed by atoms with Gasteiger partial charge in [0.1, 0.15) is 4.99 Å². The number of hydrogen-bond donors (Lipinski definition) is 2. The fraction of sp³-hybridized carbons (Fsp3) is 0.471. The average molecular weight is 336 g/mol. The zero-order chi connectivity index (χ0) is 16.8. The van der Waals surface area contributed by atoms with Crippen molar-refractivity contribution in [3.63, 3.8) is 0 Å². The van der Waals surface area contributed by atoms with Crippen LogP contribution < -0.4 is 20.1 Å². The van der Waals surface area contributed by atoms with Crippen molar-refractivity contribution in [2.24, 2.45) is 0 Å². The van der Waals surface area contributed by atoms with Crippen LogP contribution in [0.1, 0.15) is 18.1 Å². The van der Waals surface area contributed by atoms with Gasteiger partial charge < -0.3 is 24.8 Å². The van der Waals surface area contributed by atoms with Gasteiger partial charge in [0.25, 0.3) is 0 Å². The van der Waals surface area contributed by atoms with E-state index < -0.39 is 0 Å². The van der Waals surface area contributed by atoms with E-state index >= 15 is 0 Å². The van der Waals surface area contributed by atoms with E-state index in [1.54, 1.807) is 21.3 Å². The summed E-state index contributed by atoms with van der Waals surface area (Å²) in [5, 5.41) is 6.65. The molecule has 0 saturated heterocycles. The second-order valence-corrected chi connectivity index (χ2v) is 5.90. The molecule has 126 valence electrons. The third kappa shape index (κ3) is 4.36. The monoisotopic (exact) mass is 336 g/mol. The van der Waals surface area contributed by atoms with Crippen LogP contribution in [-0.2, 0) is 11.2 Å². The Kier molecular flexibility index (Phi) is 6.24. The predicted octanol–water partition coefficient (Wildman–Crippen LogP) is 2.14. The maximum atomic E-state index is 5.43. The molecule has 2 rings (SSSR count). The highest BCUT2D eigenvalue weighted by Gasteiger charge is 2.18. The molecule has 0 amide bonds. The van der Waals surface area contributed by atoms with E-state index in [1.165, 1.54) is 5.56 Å². The maximum absolute atomic E-state index is 5.43. The summed E-state index contributed by atoms with van der Waals surface area (Å²) >= 11 is 5.43. The molecule has 1 atom stereocenters. The highest BCUT2D eigenvalue weighted by molar-refractivity contribution is 7.80. The molecular formula is C17H24N2O3S. The lowest BCUT2D eigenvalue weighted by atomic mass is 9.97. The summed E-state index contributed by atoms with van der Waals surface area (Å²) in [6.45, 7) is 3.51. The first-order valence-corrected chi connectivity index (χ1v) is 8.00. The molecule has 1 aliphatic heterocycles. The smallest absolute Gasteiger partial charge is 0.161 e. The van der Waals surface area contributed by atoms with Crippen LogP contribution in [0.4, 0.5) is 0 Å². The molecule has 0 aliphatic carbocycles. The van der Waals surface area contributed by atoms with E-state index in [1.807, 2.05) is 25.1 Å². The highest BCUT2D eigenvalue weighted by atomic mass is 32.1. The van der Waals surface area contributed by atoms with Gasteiger partial charge in [-0.25, -0.2) is 0 Å². The van der Waals surface area contributed by atoms with Crippen LogP contribution >= 0.6 is 12.2 Å². The van der Waals surface area contributed by atoms with Crippen molar-refractivity contribution < 1.29 is 14.2 Å². The Morgan fingerprint density at radius 1 is 1.30 bits per heavy atom. The number of thiocarbonyl (C=S) groups is 1. The van der Waals surface area contributed by atoms with Gasteiger partial charge in [-0.2, -0.15) is 0 Å². The molecule has 1 unspecified atom stereocenters. The van der Waals surface area contributed by atoms with Gasteiger partial charge in [-0.15, -0.1) is 0 Å². The number of methoxy groups -OCH3 is 3. The summed E-state index contributed by atoms with van der Waals surface area (Å²) in [5.74, 6) is 1.47. The van der Waals surface area contributed by atoms with Crippen LogP contribution in [-0.4, -0.2) is 45.5 Å². The van der Waals surface area contributed by atoms with E-state index in [0.717, 1.165) is 30.0 Å². The molecule has 5 nitrogen and oxygen atoms in total. The zero-order valence-corrected chi connectivity index (χ0v) is 14.9. The van der Waals surface area contributed by atoms with Crippen molar-refractivity contribution in [3.05, 3.63) is 29.3 Å². The number of fused-ring (bicyclic) bond motifs is 1. The summed E-state index contributed by atoms with van der Waals surface area (Å²) in [4.78, 5) is 0.680. The Labute approximate surface area is 143 Å². The topological polar surface area (TPSA) is 51.8 Å². The second-order valence-electron chi connectivity index (χ2n) is 5.46. The van der Waals surface area contributed by atoms with E-state index in [9.17, 15) is 0 Å². The quantitative estimate of drug-likeness (QED) is 0.613. The Hall–Kier alpha value is -1.79. The van der Waals surface area contributed by atoms with Crippen LogP contribution in [0.15, 0.2) is 18.2 Å². The fourth-order valence-corrected chi connectivity index (χ4v) is 2.96. The van der Waals surface area contributed by atoms with Gasteiger partial charge >= 0.3 is 0 Å². The molecule has 23 heavy (non-hydrogen) atoms. The molecule has 1 aliphatic rings. The number of rotatable bonds is 6. The van der Waals surface area contributed by atoms with Crippen molar-refractivity contribution in [2.45, 2.75) is 19.4 Å². The number of benzene rings is 1. The predicted molar refractivity (Wildman–Crippen MR) is 96.3 cm³/mol. The van der Waals surface area contributed by atoms with Gasteiger partial charge in [-0.05, 0) is 37.1 Å². The summed E-state index contributed by atoms with van der Waals surface area (Å²) < 4.78 is 15.9. The van der Waals surface area contributed by atoms with Crippen molar-refractivity contribution in [1.29, 1.82) is 0 Å². The minimum atomic E-state index is 0.165. The van der Waals surface area contributed by atoms with Crippen LogP contribution in [0, 0.1) is 0 Å². The van der Waals surface area contributed by atoms with E-state index in [-0.39, 0.29) is 6.04 Å². The van der Waals surface area contributed by atoms with Crippen molar-refractivity contribution in [1.82, 2.24) is 10.6 Å². The molecule has 0 spiro atoms. The molecule has 0 aromatic heterocycles. The van der Waals surface area contributed by atoms with Gasteiger partial charge in [0, 0.05) is 31.0 Å². The molecule has 0 bridgehead atoms. The maximum Gasteiger partial charge on any atom is 0.161 e. The Bertz CT molecular complexity index is 602. The number of ether oxygens (including phenoxy) is 3. The molecule has 2 N–H and O–H groups in total. The van der Waals surface area contributed by atoms with Crippen molar-refractivity contribution in [3.8, 4) is 11.5 Å². The summed E-state index contributed by atoms with van der Waals surface area (Å²) in [7, 11) is 4.97. The first-order valence-electron chi connectivity index (χ1n) is 7.59. The molecular weight excluding hydrogens is 312 g/mol. The van der Waals surface area contributed by atoms with Crippen molar-refractivity contribution >= 4 is 22.9 Å². The Balaban J connectivity index is 2.26. The molecule has 0 fully saturated rings. The molecule has 0 radical (unpaired) electrons. The Morgan fingerprint density at radius 3 is 2.65 bits per heavy atom. The first-order chi connectivity index (χ1) is 11.1. The van der Waals surface area contributed by atoms with Crippen LogP contribution in [0.25, 0.3) is 5.70 Å². The minimum Gasteiger partial charge on any atom is -0.493 e. The van der Waals surface area contributed by atoms with Gasteiger partial charge in [0.2, 0.25) is 0 Å². The van der Waals surface area contributed by atoms with E-state index in [0.29, 0.717) is 17.3 Å². The average Bonchev–Trinajstić information content (AvgIpc) is 2.53. The lowest BCUT2D eigenvalue weighted by Gasteiger charge is -2.23. The fourth-order valence-electron chi connectivity index (χ4n) is 2.64. The summed E-state index contributed by atoms with van der Waals surface area (Å²) in [6.07, 6.45) is 2.89. The van der Waals surface area contributed by atoms with Crippen molar-refractivity contribution in [2.75, 3.05) is 34.5 Å². The first kappa shape index (κ1) is 17.6. The van der Waals surface area contributed by atoms with Gasteiger partial charge in [0.15, 0.2) is 11.5 Å². The molecule has 6 heteroatoms. The van der Waals surface area contributed by atoms with E-state index in [4.69, 9.17) is 26.4 Å².